The van der Waals surface area contributed by atoms with Crippen molar-refractivity contribution >= 4 is 5.91 Å². The lowest BCUT2D eigenvalue weighted by Crippen LogP contribution is -2.53. The Balaban J connectivity index is 1.71. The quantitative estimate of drug-likeness (QED) is 0.572. The second kappa shape index (κ2) is 3.87. The van der Waals surface area contributed by atoms with Crippen LogP contribution >= 0.6 is 0 Å². The summed E-state index contributed by atoms with van der Waals surface area (Å²) in [6.45, 7) is 3.90. The number of aliphatic hydroxyl groups is 1. The number of hydrogen-bond donors (Lipinski definition) is 3. The summed E-state index contributed by atoms with van der Waals surface area (Å²) in [7, 11) is 0. The summed E-state index contributed by atoms with van der Waals surface area (Å²) in [5, 5.41) is 15.2. The molecule has 80 valence electrons. The zero-order valence-corrected chi connectivity index (χ0v) is 8.49. The highest BCUT2D eigenvalue weighted by Crippen LogP contribution is 2.21. The number of hydrogen-bond acceptors (Lipinski definition) is 3. The van der Waals surface area contributed by atoms with E-state index in [1.807, 2.05) is 6.92 Å². The molecule has 4 heteroatoms. The van der Waals surface area contributed by atoms with Gasteiger partial charge >= 0.3 is 0 Å². The van der Waals surface area contributed by atoms with Crippen molar-refractivity contribution in [2.24, 2.45) is 11.8 Å². The van der Waals surface area contributed by atoms with Gasteiger partial charge in [0.15, 0.2) is 0 Å². The molecule has 2 aliphatic rings. The fourth-order valence-electron chi connectivity index (χ4n) is 1.92. The highest BCUT2D eigenvalue weighted by Gasteiger charge is 2.33. The molecule has 14 heavy (non-hydrogen) atoms. The minimum absolute atomic E-state index is 0.106. The largest absolute Gasteiger partial charge is 0.393 e. The first-order valence-corrected chi connectivity index (χ1v) is 5.36. The van der Waals surface area contributed by atoms with Gasteiger partial charge in [0, 0.05) is 12.0 Å². The van der Waals surface area contributed by atoms with E-state index in [-0.39, 0.29) is 24.0 Å². The molecule has 1 saturated heterocycles. The second-order valence-corrected chi connectivity index (χ2v) is 4.54. The first-order chi connectivity index (χ1) is 6.66. The van der Waals surface area contributed by atoms with Crippen LogP contribution in [0.1, 0.15) is 19.8 Å². The molecular weight excluding hydrogens is 180 g/mol. The lowest BCUT2D eigenvalue weighted by Gasteiger charge is -2.36. The summed E-state index contributed by atoms with van der Waals surface area (Å²) < 4.78 is 0. The van der Waals surface area contributed by atoms with E-state index in [1.54, 1.807) is 0 Å². The number of carbonyl (C=O) groups is 1. The Hall–Kier alpha value is -0.610. The Morgan fingerprint density at radius 1 is 1.50 bits per heavy atom. The Kier molecular flexibility index (Phi) is 2.74. The molecule has 1 saturated carbocycles. The van der Waals surface area contributed by atoms with Gasteiger partial charge in [-0.25, -0.2) is 0 Å². The number of aliphatic hydroxyl groups excluding tert-OH is 1. The third-order valence-electron chi connectivity index (χ3n) is 3.39. The van der Waals surface area contributed by atoms with Crippen LogP contribution in [0.25, 0.3) is 0 Å². The topological polar surface area (TPSA) is 61.4 Å². The van der Waals surface area contributed by atoms with Crippen LogP contribution in [-0.4, -0.2) is 36.2 Å². The van der Waals surface area contributed by atoms with Gasteiger partial charge in [-0.15, -0.1) is 0 Å². The molecule has 3 N–H and O–H groups in total. The maximum atomic E-state index is 11.7. The molecule has 1 unspecified atom stereocenters. The van der Waals surface area contributed by atoms with Gasteiger partial charge in [0.1, 0.15) is 0 Å². The third kappa shape index (κ3) is 1.91. The molecule has 0 aromatic heterocycles. The Morgan fingerprint density at radius 2 is 2.14 bits per heavy atom. The van der Waals surface area contributed by atoms with Gasteiger partial charge in [-0.2, -0.15) is 0 Å². The fraction of sp³-hybridized carbons (Fsp3) is 0.900. The SMILES string of the molecule is CC(C(=O)NC1CC(O)C1)C1CNC1. The first kappa shape index (κ1) is 9.93. The summed E-state index contributed by atoms with van der Waals surface area (Å²) in [5.74, 6) is 0.752. The zero-order valence-electron chi connectivity index (χ0n) is 8.49. The molecule has 4 nitrogen and oxygen atoms in total. The van der Waals surface area contributed by atoms with E-state index in [2.05, 4.69) is 10.6 Å². The van der Waals surface area contributed by atoms with Crippen LogP contribution in [0.5, 0.6) is 0 Å². The first-order valence-electron chi connectivity index (χ1n) is 5.36. The van der Waals surface area contributed by atoms with Crippen LogP contribution in [0.2, 0.25) is 0 Å². The molecule has 2 rings (SSSR count). The zero-order chi connectivity index (χ0) is 10.1. The van der Waals surface area contributed by atoms with E-state index in [1.165, 1.54) is 0 Å². The normalized spacial score (nSPS) is 34.1. The number of rotatable bonds is 3. The second-order valence-electron chi connectivity index (χ2n) is 4.54. The molecule has 1 atom stereocenters. The van der Waals surface area contributed by atoms with E-state index in [0.29, 0.717) is 5.92 Å². The van der Waals surface area contributed by atoms with Gasteiger partial charge in [-0.05, 0) is 31.8 Å². The van der Waals surface area contributed by atoms with Crippen molar-refractivity contribution in [2.75, 3.05) is 13.1 Å². The summed E-state index contributed by atoms with van der Waals surface area (Å²) in [5.41, 5.74) is 0. The summed E-state index contributed by atoms with van der Waals surface area (Å²) in [6, 6.07) is 0.216. The molecule has 0 aromatic rings. The van der Waals surface area contributed by atoms with Crippen molar-refractivity contribution in [1.82, 2.24) is 10.6 Å². The summed E-state index contributed by atoms with van der Waals surface area (Å²) in [4.78, 5) is 11.7. The molecule has 0 aromatic carbocycles. The standard InChI is InChI=1S/C10H18N2O2/c1-6(7-4-11-5-7)10(14)12-8-2-9(13)3-8/h6-9,11,13H,2-5H2,1H3,(H,12,14). The maximum Gasteiger partial charge on any atom is 0.223 e. The average molecular weight is 198 g/mol. The summed E-state index contributed by atoms with van der Waals surface area (Å²) in [6.07, 6.45) is 1.25. The minimum Gasteiger partial charge on any atom is -0.393 e. The number of nitrogens with one attached hydrogen (secondary N) is 2. The van der Waals surface area contributed by atoms with Crippen LogP contribution in [-0.2, 0) is 4.79 Å². The lowest BCUT2D eigenvalue weighted by molar-refractivity contribution is -0.128. The van der Waals surface area contributed by atoms with Gasteiger partial charge < -0.3 is 15.7 Å². The minimum atomic E-state index is -0.194. The fourth-order valence-corrected chi connectivity index (χ4v) is 1.92. The molecule has 2 fully saturated rings. The number of carbonyl (C=O) groups excluding carboxylic acids is 1. The highest BCUT2D eigenvalue weighted by atomic mass is 16.3. The van der Waals surface area contributed by atoms with E-state index < -0.39 is 0 Å². The molecule has 1 heterocycles. The van der Waals surface area contributed by atoms with Crippen LogP contribution in [0.4, 0.5) is 0 Å². The van der Waals surface area contributed by atoms with E-state index in [0.717, 1.165) is 25.9 Å². The molecular formula is C10H18N2O2. The Morgan fingerprint density at radius 3 is 2.57 bits per heavy atom. The highest BCUT2D eigenvalue weighted by molar-refractivity contribution is 5.79. The van der Waals surface area contributed by atoms with Crippen LogP contribution in [0, 0.1) is 11.8 Å². The predicted molar refractivity (Wildman–Crippen MR) is 52.7 cm³/mol. The van der Waals surface area contributed by atoms with Crippen molar-refractivity contribution in [1.29, 1.82) is 0 Å². The van der Waals surface area contributed by atoms with Gasteiger partial charge in [-0.1, -0.05) is 6.92 Å². The third-order valence-corrected chi connectivity index (χ3v) is 3.39. The van der Waals surface area contributed by atoms with Gasteiger partial charge in [0.05, 0.1) is 6.10 Å². The van der Waals surface area contributed by atoms with Crippen LogP contribution in [0.3, 0.4) is 0 Å². The monoisotopic (exact) mass is 198 g/mol. The van der Waals surface area contributed by atoms with Gasteiger partial charge in [-0.3, -0.25) is 4.79 Å². The van der Waals surface area contributed by atoms with Crippen molar-refractivity contribution in [2.45, 2.75) is 31.9 Å². The van der Waals surface area contributed by atoms with E-state index in [9.17, 15) is 4.79 Å². The number of amides is 1. The molecule has 1 amide bonds. The predicted octanol–water partition coefficient (Wildman–Crippen LogP) is -0.519. The molecule has 1 aliphatic carbocycles. The molecule has 0 spiro atoms. The summed E-state index contributed by atoms with van der Waals surface area (Å²) >= 11 is 0. The Labute approximate surface area is 84.1 Å². The van der Waals surface area contributed by atoms with Crippen molar-refractivity contribution in [3.8, 4) is 0 Å². The Bertz CT molecular complexity index is 222. The van der Waals surface area contributed by atoms with Gasteiger partial charge in [0.2, 0.25) is 5.91 Å². The molecule has 0 radical (unpaired) electrons. The van der Waals surface area contributed by atoms with E-state index >= 15 is 0 Å². The maximum absolute atomic E-state index is 11.7. The van der Waals surface area contributed by atoms with Crippen LogP contribution < -0.4 is 10.6 Å². The van der Waals surface area contributed by atoms with Gasteiger partial charge in [0.25, 0.3) is 0 Å². The van der Waals surface area contributed by atoms with Crippen molar-refractivity contribution in [3.63, 3.8) is 0 Å². The van der Waals surface area contributed by atoms with Crippen molar-refractivity contribution < 1.29 is 9.90 Å². The molecule has 1 aliphatic heterocycles. The van der Waals surface area contributed by atoms with Crippen LogP contribution in [0.15, 0.2) is 0 Å². The smallest absolute Gasteiger partial charge is 0.223 e. The molecule has 0 bridgehead atoms. The van der Waals surface area contributed by atoms with Crippen molar-refractivity contribution in [3.05, 3.63) is 0 Å². The van der Waals surface area contributed by atoms with E-state index in [4.69, 9.17) is 5.11 Å². The average Bonchev–Trinajstić information content (AvgIpc) is 1.98. The lowest BCUT2D eigenvalue weighted by atomic mass is 9.85.